The summed E-state index contributed by atoms with van der Waals surface area (Å²) in [4.78, 5) is 10.8. The largest absolute Gasteiger partial charge is 0.491 e. The van der Waals surface area contributed by atoms with E-state index in [-0.39, 0.29) is 5.91 Å². The van der Waals surface area contributed by atoms with Gasteiger partial charge in [-0.05, 0) is 18.2 Å². The summed E-state index contributed by atoms with van der Waals surface area (Å²) < 4.78 is 21.5. The molecular formula is C17H25NO5. The van der Waals surface area contributed by atoms with Gasteiger partial charge in [0.1, 0.15) is 12.4 Å². The number of para-hydroxylation sites is 1. The van der Waals surface area contributed by atoms with E-state index in [9.17, 15) is 4.79 Å². The third kappa shape index (κ3) is 11.3. The van der Waals surface area contributed by atoms with Gasteiger partial charge in [-0.1, -0.05) is 24.8 Å². The highest BCUT2D eigenvalue weighted by atomic mass is 16.6. The molecule has 1 N–H and O–H groups in total. The van der Waals surface area contributed by atoms with Gasteiger partial charge in [0.2, 0.25) is 5.91 Å². The van der Waals surface area contributed by atoms with Crippen LogP contribution in [-0.2, 0) is 19.0 Å². The maximum Gasteiger partial charge on any atom is 0.243 e. The SMILES string of the molecule is C=CC(=O)NCCOCCOCCOCCOc1ccccc1. The van der Waals surface area contributed by atoms with Gasteiger partial charge in [0.05, 0.1) is 39.6 Å². The molecule has 6 heteroatoms. The molecule has 0 fully saturated rings. The number of benzene rings is 1. The van der Waals surface area contributed by atoms with Crippen molar-refractivity contribution >= 4 is 5.91 Å². The standard InChI is InChI=1S/C17H25NO5/c1-2-17(19)18-8-9-20-10-11-21-12-13-22-14-15-23-16-6-4-3-5-7-16/h2-7H,1,8-15H2,(H,18,19). The molecule has 0 aliphatic heterocycles. The van der Waals surface area contributed by atoms with Gasteiger partial charge in [-0.3, -0.25) is 4.79 Å². The molecule has 0 saturated carbocycles. The van der Waals surface area contributed by atoms with Crippen LogP contribution in [0.4, 0.5) is 0 Å². The Morgan fingerprint density at radius 1 is 0.913 bits per heavy atom. The summed E-state index contributed by atoms with van der Waals surface area (Å²) in [5, 5.41) is 2.62. The second-order valence-electron chi connectivity index (χ2n) is 4.49. The molecule has 1 aromatic carbocycles. The molecule has 0 bridgehead atoms. The van der Waals surface area contributed by atoms with E-state index in [1.54, 1.807) is 0 Å². The monoisotopic (exact) mass is 323 g/mol. The van der Waals surface area contributed by atoms with E-state index in [1.165, 1.54) is 6.08 Å². The summed E-state index contributed by atoms with van der Waals surface area (Å²) in [5.74, 6) is 0.645. The number of hydrogen-bond acceptors (Lipinski definition) is 5. The molecule has 0 heterocycles. The lowest BCUT2D eigenvalue weighted by atomic mass is 10.3. The zero-order valence-corrected chi connectivity index (χ0v) is 13.4. The maximum atomic E-state index is 10.8. The zero-order chi connectivity index (χ0) is 16.6. The fourth-order valence-electron chi connectivity index (χ4n) is 1.60. The van der Waals surface area contributed by atoms with Crippen molar-refractivity contribution in [2.75, 3.05) is 52.8 Å². The van der Waals surface area contributed by atoms with Crippen LogP contribution in [0.5, 0.6) is 5.75 Å². The molecule has 0 radical (unpaired) electrons. The highest BCUT2D eigenvalue weighted by Gasteiger charge is 1.95. The number of rotatable bonds is 14. The first kappa shape index (κ1) is 19.2. The van der Waals surface area contributed by atoms with Crippen LogP contribution in [-0.4, -0.2) is 58.7 Å². The first-order valence-corrected chi connectivity index (χ1v) is 7.64. The molecule has 0 spiro atoms. The number of carbonyl (C=O) groups is 1. The maximum absolute atomic E-state index is 10.8. The topological polar surface area (TPSA) is 66.0 Å². The van der Waals surface area contributed by atoms with Crippen LogP contribution in [0.3, 0.4) is 0 Å². The summed E-state index contributed by atoms with van der Waals surface area (Å²) in [5.41, 5.74) is 0. The highest BCUT2D eigenvalue weighted by Crippen LogP contribution is 2.07. The summed E-state index contributed by atoms with van der Waals surface area (Å²) >= 11 is 0. The number of carbonyl (C=O) groups excluding carboxylic acids is 1. The molecule has 128 valence electrons. The minimum absolute atomic E-state index is 0.196. The van der Waals surface area contributed by atoms with E-state index in [1.807, 2.05) is 30.3 Å². The van der Waals surface area contributed by atoms with Crippen molar-refractivity contribution in [3.8, 4) is 5.75 Å². The van der Waals surface area contributed by atoms with Crippen LogP contribution in [0.15, 0.2) is 43.0 Å². The van der Waals surface area contributed by atoms with Crippen LogP contribution in [0.25, 0.3) is 0 Å². The summed E-state index contributed by atoms with van der Waals surface area (Å²) in [6.45, 7) is 7.35. The third-order valence-corrected chi connectivity index (χ3v) is 2.71. The van der Waals surface area contributed by atoms with Gasteiger partial charge in [0.25, 0.3) is 0 Å². The molecule has 6 nitrogen and oxygen atoms in total. The molecule has 1 aromatic rings. The molecule has 0 aromatic heterocycles. The van der Waals surface area contributed by atoms with E-state index in [4.69, 9.17) is 18.9 Å². The lowest BCUT2D eigenvalue weighted by Crippen LogP contribution is -2.25. The summed E-state index contributed by atoms with van der Waals surface area (Å²) in [6.07, 6.45) is 1.23. The van der Waals surface area contributed by atoms with Crippen molar-refractivity contribution in [1.29, 1.82) is 0 Å². The quantitative estimate of drug-likeness (QED) is 0.414. The molecule has 0 saturated heterocycles. The molecule has 0 aliphatic rings. The molecule has 0 unspecified atom stereocenters. The predicted octanol–water partition coefficient (Wildman–Crippen LogP) is 1.42. The van der Waals surface area contributed by atoms with Crippen LogP contribution in [0, 0.1) is 0 Å². The molecule has 1 amide bonds. The highest BCUT2D eigenvalue weighted by molar-refractivity contribution is 5.86. The molecule has 1 rings (SSSR count). The fraction of sp³-hybridized carbons (Fsp3) is 0.471. The Morgan fingerprint density at radius 3 is 2.09 bits per heavy atom. The van der Waals surface area contributed by atoms with Gasteiger partial charge in [-0.15, -0.1) is 0 Å². The van der Waals surface area contributed by atoms with E-state index in [2.05, 4.69) is 11.9 Å². The minimum Gasteiger partial charge on any atom is -0.491 e. The minimum atomic E-state index is -0.196. The first-order chi connectivity index (χ1) is 11.3. The van der Waals surface area contributed by atoms with Crippen molar-refractivity contribution in [3.63, 3.8) is 0 Å². The second kappa shape index (κ2) is 13.8. The lowest BCUT2D eigenvalue weighted by Gasteiger charge is -2.08. The molecular weight excluding hydrogens is 298 g/mol. The number of hydrogen-bond donors (Lipinski definition) is 1. The Labute approximate surface area is 137 Å². The molecule has 0 atom stereocenters. The van der Waals surface area contributed by atoms with Crippen LogP contribution >= 0.6 is 0 Å². The van der Waals surface area contributed by atoms with Gasteiger partial charge < -0.3 is 24.3 Å². The van der Waals surface area contributed by atoms with E-state index in [0.717, 1.165) is 5.75 Å². The van der Waals surface area contributed by atoms with Crippen LogP contribution in [0.2, 0.25) is 0 Å². The van der Waals surface area contributed by atoms with Crippen molar-refractivity contribution in [2.45, 2.75) is 0 Å². The Morgan fingerprint density at radius 2 is 1.48 bits per heavy atom. The van der Waals surface area contributed by atoms with Gasteiger partial charge >= 0.3 is 0 Å². The fourth-order valence-corrected chi connectivity index (χ4v) is 1.60. The average molecular weight is 323 g/mol. The lowest BCUT2D eigenvalue weighted by molar-refractivity contribution is -0.116. The Balaban J connectivity index is 1.76. The van der Waals surface area contributed by atoms with E-state index < -0.39 is 0 Å². The summed E-state index contributed by atoms with van der Waals surface area (Å²) in [6, 6.07) is 9.62. The first-order valence-electron chi connectivity index (χ1n) is 7.64. The van der Waals surface area contributed by atoms with Crippen LogP contribution < -0.4 is 10.1 Å². The smallest absolute Gasteiger partial charge is 0.243 e. The Hall–Kier alpha value is -1.89. The molecule has 23 heavy (non-hydrogen) atoms. The van der Waals surface area contributed by atoms with Crippen molar-refractivity contribution < 1.29 is 23.7 Å². The van der Waals surface area contributed by atoms with Gasteiger partial charge in [0, 0.05) is 6.54 Å². The zero-order valence-electron chi connectivity index (χ0n) is 13.4. The Bertz CT molecular complexity index is 424. The number of nitrogens with one attached hydrogen (secondary N) is 1. The Kier molecular flexibility index (Phi) is 11.5. The van der Waals surface area contributed by atoms with Gasteiger partial charge in [-0.25, -0.2) is 0 Å². The van der Waals surface area contributed by atoms with E-state index in [0.29, 0.717) is 52.8 Å². The number of ether oxygens (including phenoxy) is 4. The third-order valence-electron chi connectivity index (χ3n) is 2.71. The van der Waals surface area contributed by atoms with Crippen molar-refractivity contribution in [3.05, 3.63) is 43.0 Å². The summed E-state index contributed by atoms with van der Waals surface area (Å²) in [7, 11) is 0. The van der Waals surface area contributed by atoms with Crippen LogP contribution in [0.1, 0.15) is 0 Å². The van der Waals surface area contributed by atoms with Gasteiger partial charge in [0.15, 0.2) is 0 Å². The predicted molar refractivity (Wildman–Crippen MR) is 87.6 cm³/mol. The average Bonchev–Trinajstić information content (AvgIpc) is 2.59. The second-order valence-corrected chi connectivity index (χ2v) is 4.49. The van der Waals surface area contributed by atoms with E-state index >= 15 is 0 Å². The van der Waals surface area contributed by atoms with Gasteiger partial charge in [-0.2, -0.15) is 0 Å². The molecule has 0 aliphatic carbocycles. The van der Waals surface area contributed by atoms with Crippen molar-refractivity contribution in [2.24, 2.45) is 0 Å². The normalized spacial score (nSPS) is 10.3. The number of amides is 1. The van der Waals surface area contributed by atoms with Crippen molar-refractivity contribution in [1.82, 2.24) is 5.32 Å².